The molecule has 1 fully saturated rings. The largest absolute Gasteiger partial charge is 0.348 e. The number of imide groups is 1. The Morgan fingerprint density at radius 2 is 1.58 bits per heavy atom. The third-order valence-electron chi connectivity index (χ3n) is 6.00. The second-order valence-corrected chi connectivity index (χ2v) is 8.61. The first-order valence-electron chi connectivity index (χ1n) is 10.8. The summed E-state index contributed by atoms with van der Waals surface area (Å²) in [6.45, 7) is 9.52. The van der Waals surface area contributed by atoms with Crippen molar-refractivity contribution in [2.45, 2.75) is 58.5 Å². The van der Waals surface area contributed by atoms with E-state index >= 15 is 0 Å². The van der Waals surface area contributed by atoms with Crippen molar-refractivity contribution in [1.29, 1.82) is 0 Å². The van der Waals surface area contributed by atoms with E-state index < -0.39 is 17.5 Å². The highest BCUT2D eigenvalue weighted by Crippen LogP contribution is 2.30. The molecule has 1 heterocycles. The molecule has 6 nitrogen and oxygen atoms in total. The molecular weight excluding hydrogens is 390 g/mol. The fourth-order valence-corrected chi connectivity index (χ4v) is 3.79. The normalized spacial score (nSPS) is 19.5. The minimum absolute atomic E-state index is 0.228. The molecule has 164 valence electrons. The zero-order chi connectivity index (χ0) is 22.8. The van der Waals surface area contributed by atoms with Gasteiger partial charge in [0, 0.05) is 0 Å². The summed E-state index contributed by atoms with van der Waals surface area (Å²) >= 11 is 0. The molecule has 2 aromatic rings. The summed E-state index contributed by atoms with van der Waals surface area (Å²) < 4.78 is 0. The first kappa shape index (κ1) is 22.5. The van der Waals surface area contributed by atoms with Crippen molar-refractivity contribution in [3.63, 3.8) is 0 Å². The molecule has 2 N–H and O–H groups in total. The van der Waals surface area contributed by atoms with Crippen molar-refractivity contribution in [3.8, 4) is 0 Å². The average Bonchev–Trinajstić information content (AvgIpc) is 2.97. The summed E-state index contributed by atoms with van der Waals surface area (Å²) in [4.78, 5) is 39.2. The highest BCUT2D eigenvalue weighted by molar-refractivity contribution is 6.09. The predicted molar refractivity (Wildman–Crippen MR) is 121 cm³/mol. The maximum absolute atomic E-state index is 13.1. The van der Waals surface area contributed by atoms with Gasteiger partial charge in [0.15, 0.2) is 0 Å². The molecule has 2 aromatic carbocycles. The minimum Gasteiger partial charge on any atom is -0.348 e. The molecule has 0 saturated carbocycles. The van der Waals surface area contributed by atoms with E-state index in [-0.39, 0.29) is 18.5 Å². The SMILES string of the molecule is CCc1ccc(C(C)NC(=O)CN2C(=O)NC(C)(c3ccc(C(C)C)cc3)C2=O)cc1. The molecule has 1 aliphatic heterocycles. The van der Waals surface area contributed by atoms with Crippen molar-refractivity contribution < 1.29 is 14.4 Å². The Labute approximate surface area is 184 Å². The zero-order valence-electron chi connectivity index (χ0n) is 18.9. The van der Waals surface area contributed by atoms with E-state index in [2.05, 4.69) is 31.4 Å². The van der Waals surface area contributed by atoms with Crippen LogP contribution in [-0.4, -0.2) is 29.3 Å². The number of hydrogen-bond acceptors (Lipinski definition) is 3. The maximum Gasteiger partial charge on any atom is 0.325 e. The first-order valence-corrected chi connectivity index (χ1v) is 10.8. The Hall–Kier alpha value is -3.15. The van der Waals surface area contributed by atoms with Crippen LogP contribution in [0.1, 0.15) is 68.8 Å². The zero-order valence-corrected chi connectivity index (χ0v) is 18.9. The van der Waals surface area contributed by atoms with Gasteiger partial charge in [0.2, 0.25) is 5.91 Å². The van der Waals surface area contributed by atoms with E-state index in [9.17, 15) is 14.4 Å². The summed E-state index contributed by atoms with van der Waals surface area (Å²) in [5, 5.41) is 5.63. The predicted octanol–water partition coefficient (Wildman–Crippen LogP) is 4.02. The molecule has 0 aromatic heterocycles. The van der Waals surface area contributed by atoms with Crippen LogP contribution in [-0.2, 0) is 21.5 Å². The average molecular weight is 422 g/mol. The third kappa shape index (κ3) is 4.63. The smallest absolute Gasteiger partial charge is 0.325 e. The number of benzene rings is 2. The standard InChI is InChI=1S/C25H31N3O3/c1-6-18-7-9-20(10-8-18)17(4)26-22(29)15-28-23(30)25(5,27-24(28)31)21-13-11-19(12-14-21)16(2)3/h7-14,16-17H,6,15H2,1-5H3,(H,26,29)(H,27,31). The van der Waals surface area contributed by atoms with E-state index in [0.29, 0.717) is 11.5 Å². The van der Waals surface area contributed by atoms with Crippen LogP contribution >= 0.6 is 0 Å². The van der Waals surface area contributed by atoms with Gasteiger partial charge in [-0.05, 0) is 48.4 Å². The fraction of sp³-hybridized carbons (Fsp3) is 0.400. The summed E-state index contributed by atoms with van der Waals surface area (Å²) in [5.41, 5.74) is 2.86. The van der Waals surface area contributed by atoms with Gasteiger partial charge in [0.05, 0.1) is 6.04 Å². The minimum atomic E-state index is -1.19. The number of hydrogen-bond donors (Lipinski definition) is 2. The maximum atomic E-state index is 13.1. The lowest BCUT2D eigenvalue weighted by Crippen LogP contribution is -2.43. The molecule has 31 heavy (non-hydrogen) atoms. The van der Waals surface area contributed by atoms with Crippen LogP contribution in [0.5, 0.6) is 0 Å². The highest BCUT2D eigenvalue weighted by Gasteiger charge is 2.49. The molecule has 2 atom stereocenters. The van der Waals surface area contributed by atoms with E-state index in [0.717, 1.165) is 22.4 Å². The number of nitrogens with one attached hydrogen (secondary N) is 2. The quantitative estimate of drug-likeness (QED) is 0.663. The molecule has 1 saturated heterocycles. The molecule has 1 aliphatic rings. The molecule has 0 aliphatic carbocycles. The summed E-state index contributed by atoms with van der Waals surface area (Å²) in [7, 11) is 0. The molecule has 0 bridgehead atoms. The molecule has 0 radical (unpaired) electrons. The van der Waals surface area contributed by atoms with Crippen LogP contribution in [0.15, 0.2) is 48.5 Å². The van der Waals surface area contributed by atoms with Gasteiger partial charge in [-0.1, -0.05) is 69.3 Å². The Kier molecular flexibility index (Phi) is 6.48. The molecule has 2 unspecified atom stereocenters. The van der Waals surface area contributed by atoms with Gasteiger partial charge in [-0.2, -0.15) is 0 Å². The van der Waals surface area contributed by atoms with E-state index in [4.69, 9.17) is 0 Å². The lowest BCUT2D eigenvalue weighted by molar-refractivity contribution is -0.135. The summed E-state index contributed by atoms with van der Waals surface area (Å²) in [6.07, 6.45) is 0.951. The van der Waals surface area contributed by atoms with Crippen LogP contribution in [0.2, 0.25) is 0 Å². The van der Waals surface area contributed by atoms with Gasteiger partial charge < -0.3 is 10.6 Å². The Morgan fingerprint density at radius 1 is 1.00 bits per heavy atom. The Balaban J connectivity index is 1.68. The first-order chi connectivity index (χ1) is 14.7. The number of aryl methyl sites for hydroxylation is 1. The van der Waals surface area contributed by atoms with Gasteiger partial charge in [0.25, 0.3) is 5.91 Å². The second kappa shape index (κ2) is 8.92. The Morgan fingerprint density at radius 3 is 2.13 bits per heavy atom. The number of urea groups is 1. The summed E-state index contributed by atoms with van der Waals surface area (Å²) in [6, 6.07) is 14.9. The van der Waals surface area contributed by atoms with Gasteiger partial charge in [0.1, 0.15) is 12.1 Å². The van der Waals surface area contributed by atoms with E-state index in [1.54, 1.807) is 6.92 Å². The van der Waals surface area contributed by atoms with Crippen LogP contribution in [0, 0.1) is 0 Å². The van der Waals surface area contributed by atoms with Crippen LogP contribution in [0.4, 0.5) is 4.79 Å². The van der Waals surface area contributed by atoms with Gasteiger partial charge >= 0.3 is 6.03 Å². The summed E-state index contributed by atoms with van der Waals surface area (Å²) in [5.74, 6) is -0.434. The van der Waals surface area contributed by atoms with Crippen molar-refractivity contribution in [1.82, 2.24) is 15.5 Å². The van der Waals surface area contributed by atoms with Gasteiger partial charge in [-0.3, -0.25) is 14.5 Å². The van der Waals surface area contributed by atoms with Crippen molar-refractivity contribution in [2.24, 2.45) is 0 Å². The van der Waals surface area contributed by atoms with Gasteiger partial charge in [-0.15, -0.1) is 0 Å². The highest BCUT2D eigenvalue weighted by atomic mass is 16.2. The number of carbonyl (C=O) groups is 3. The second-order valence-electron chi connectivity index (χ2n) is 8.61. The van der Waals surface area contributed by atoms with Crippen LogP contribution in [0.3, 0.4) is 0 Å². The third-order valence-corrected chi connectivity index (χ3v) is 6.00. The lowest BCUT2D eigenvalue weighted by Gasteiger charge is -2.23. The monoisotopic (exact) mass is 421 g/mol. The number of rotatable bonds is 7. The molecular formula is C25H31N3O3. The molecule has 4 amide bonds. The topological polar surface area (TPSA) is 78.5 Å². The number of carbonyl (C=O) groups excluding carboxylic acids is 3. The Bertz CT molecular complexity index is 967. The van der Waals surface area contributed by atoms with Crippen molar-refractivity contribution in [3.05, 3.63) is 70.8 Å². The van der Waals surface area contributed by atoms with Crippen LogP contribution < -0.4 is 10.6 Å². The number of nitrogens with zero attached hydrogens (tertiary/aromatic N) is 1. The van der Waals surface area contributed by atoms with E-state index in [1.165, 1.54) is 5.56 Å². The van der Waals surface area contributed by atoms with E-state index in [1.807, 2.05) is 55.5 Å². The van der Waals surface area contributed by atoms with Crippen molar-refractivity contribution >= 4 is 17.8 Å². The van der Waals surface area contributed by atoms with Gasteiger partial charge in [-0.25, -0.2) is 4.79 Å². The van der Waals surface area contributed by atoms with Crippen LogP contribution in [0.25, 0.3) is 0 Å². The van der Waals surface area contributed by atoms with Crippen molar-refractivity contribution in [2.75, 3.05) is 6.54 Å². The molecule has 0 spiro atoms. The lowest BCUT2D eigenvalue weighted by atomic mass is 9.90. The molecule has 6 heteroatoms. The fourth-order valence-electron chi connectivity index (χ4n) is 3.79. The molecule has 3 rings (SSSR count). The number of amides is 4.